The van der Waals surface area contributed by atoms with Crippen molar-refractivity contribution in [2.75, 3.05) is 6.61 Å². The largest absolute Gasteiger partial charge is 0.461 e. The van der Waals surface area contributed by atoms with E-state index in [9.17, 15) is 9.59 Å². The van der Waals surface area contributed by atoms with E-state index in [1.807, 2.05) is 0 Å². The van der Waals surface area contributed by atoms with Gasteiger partial charge in [0, 0.05) is 24.8 Å². The molecule has 0 aromatic rings. The Kier molecular flexibility index (Phi) is 3.85. The minimum absolute atomic E-state index is 0.0143. The molecule has 0 unspecified atom stereocenters. The van der Waals surface area contributed by atoms with Gasteiger partial charge in [0.1, 0.15) is 12.7 Å². The third-order valence-corrected chi connectivity index (χ3v) is 4.91. The molecule has 0 saturated carbocycles. The van der Waals surface area contributed by atoms with E-state index in [1.54, 1.807) is 0 Å². The van der Waals surface area contributed by atoms with Crippen LogP contribution in [0.5, 0.6) is 0 Å². The molecule has 5 heteroatoms. The van der Waals surface area contributed by atoms with Gasteiger partial charge in [-0.25, -0.2) is 4.79 Å². The Morgan fingerprint density at radius 1 is 1.55 bits per heavy atom. The first-order chi connectivity index (χ1) is 10.4. The van der Waals surface area contributed by atoms with Gasteiger partial charge in [-0.3, -0.25) is 4.79 Å². The van der Waals surface area contributed by atoms with Gasteiger partial charge in [0.15, 0.2) is 0 Å². The summed E-state index contributed by atoms with van der Waals surface area (Å²) in [6.07, 6.45) is 5.23. The van der Waals surface area contributed by atoms with Crippen LogP contribution in [0.4, 0.5) is 0 Å². The minimum Gasteiger partial charge on any atom is -0.461 e. The van der Waals surface area contributed by atoms with Crippen LogP contribution >= 0.6 is 0 Å². The average Bonchev–Trinajstić information content (AvgIpc) is 3.01. The van der Waals surface area contributed by atoms with E-state index in [-0.39, 0.29) is 35.7 Å². The Bertz CT molecular complexity index is 549. The van der Waals surface area contributed by atoms with Gasteiger partial charge in [-0.1, -0.05) is 12.7 Å². The fraction of sp³-hybridized carbons (Fsp3) is 0.647. The van der Waals surface area contributed by atoms with Crippen LogP contribution in [0.1, 0.15) is 39.5 Å². The standard InChI is InChI=1S/C17H22O5/c1-10-13-6-4-12(9-20-11(2)18)5-7-15-17(3,22-15)8-14(13)21-16(10)19/h4,13-15H,1,5-9H2,2-3H3/b12-4+/t13-,14+,15-,17+/m1/s1. The lowest BCUT2D eigenvalue weighted by Crippen LogP contribution is -2.26. The molecule has 0 aromatic heterocycles. The van der Waals surface area contributed by atoms with E-state index in [4.69, 9.17) is 14.2 Å². The number of hydrogen-bond acceptors (Lipinski definition) is 5. The molecule has 3 aliphatic rings. The van der Waals surface area contributed by atoms with Crippen molar-refractivity contribution >= 4 is 11.9 Å². The lowest BCUT2D eigenvalue weighted by molar-refractivity contribution is -0.141. The van der Waals surface area contributed by atoms with E-state index in [0.717, 1.165) is 24.8 Å². The molecule has 3 rings (SSSR count). The molecule has 120 valence electrons. The minimum atomic E-state index is -0.301. The summed E-state index contributed by atoms with van der Waals surface area (Å²) in [4.78, 5) is 22.8. The first-order valence-corrected chi connectivity index (χ1v) is 7.78. The highest BCUT2D eigenvalue weighted by atomic mass is 16.6. The summed E-state index contributed by atoms with van der Waals surface area (Å²) in [6, 6.07) is 0. The zero-order valence-electron chi connectivity index (χ0n) is 13.1. The SMILES string of the molecule is C=C1C(=O)O[C@H]2C[C@]3(C)O[C@@H]3CC/C(COC(C)=O)=C\C[C@H]12. The van der Waals surface area contributed by atoms with Crippen molar-refractivity contribution in [1.29, 1.82) is 0 Å². The van der Waals surface area contributed by atoms with Gasteiger partial charge in [0.05, 0.1) is 11.7 Å². The van der Waals surface area contributed by atoms with Crippen LogP contribution < -0.4 is 0 Å². The van der Waals surface area contributed by atoms with Crippen molar-refractivity contribution < 1.29 is 23.8 Å². The summed E-state index contributed by atoms with van der Waals surface area (Å²) in [5.74, 6) is -0.600. The van der Waals surface area contributed by atoms with Crippen molar-refractivity contribution in [3.05, 3.63) is 23.8 Å². The molecule has 2 aliphatic heterocycles. The predicted molar refractivity (Wildman–Crippen MR) is 79.0 cm³/mol. The molecule has 2 fully saturated rings. The van der Waals surface area contributed by atoms with Crippen LogP contribution in [-0.4, -0.2) is 36.4 Å². The Hall–Kier alpha value is -1.62. The highest BCUT2D eigenvalue weighted by molar-refractivity contribution is 5.90. The zero-order chi connectivity index (χ0) is 15.9. The van der Waals surface area contributed by atoms with E-state index < -0.39 is 0 Å². The molecule has 5 nitrogen and oxygen atoms in total. The van der Waals surface area contributed by atoms with Crippen LogP contribution in [-0.2, 0) is 23.8 Å². The molecular weight excluding hydrogens is 284 g/mol. The second-order valence-corrected chi connectivity index (χ2v) is 6.62. The van der Waals surface area contributed by atoms with Gasteiger partial charge < -0.3 is 14.2 Å². The molecule has 2 saturated heterocycles. The number of ether oxygens (including phenoxy) is 3. The number of hydrogen-bond donors (Lipinski definition) is 0. The highest BCUT2D eigenvalue weighted by Gasteiger charge is 2.55. The molecule has 0 amide bonds. The second-order valence-electron chi connectivity index (χ2n) is 6.62. The lowest BCUT2D eigenvalue weighted by Gasteiger charge is -2.20. The van der Waals surface area contributed by atoms with E-state index in [2.05, 4.69) is 19.6 Å². The fourth-order valence-electron chi connectivity index (χ4n) is 3.42. The molecule has 2 heterocycles. The van der Waals surface area contributed by atoms with Gasteiger partial charge in [0.25, 0.3) is 0 Å². The van der Waals surface area contributed by atoms with E-state index in [0.29, 0.717) is 18.6 Å². The van der Waals surface area contributed by atoms with Gasteiger partial charge >= 0.3 is 11.9 Å². The van der Waals surface area contributed by atoms with Gasteiger partial charge in [-0.2, -0.15) is 0 Å². The van der Waals surface area contributed by atoms with E-state index >= 15 is 0 Å². The summed E-state index contributed by atoms with van der Waals surface area (Å²) >= 11 is 0. The monoisotopic (exact) mass is 306 g/mol. The highest BCUT2D eigenvalue weighted by Crippen LogP contribution is 2.47. The molecule has 0 radical (unpaired) electrons. The Morgan fingerprint density at radius 3 is 3.05 bits per heavy atom. The number of carbonyl (C=O) groups is 2. The quantitative estimate of drug-likeness (QED) is 0.339. The van der Waals surface area contributed by atoms with Crippen LogP contribution in [0.3, 0.4) is 0 Å². The predicted octanol–water partition coefficient (Wildman–Crippen LogP) is 2.31. The Morgan fingerprint density at radius 2 is 2.32 bits per heavy atom. The van der Waals surface area contributed by atoms with Crippen molar-refractivity contribution in [2.45, 2.75) is 57.3 Å². The smallest absolute Gasteiger partial charge is 0.334 e. The number of carbonyl (C=O) groups excluding carboxylic acids is 2. The van der Waals surface area contributed by atoms with Crippen molar-refractivity contribution in [3.63, 3.8) is 0 Å². The van der Waals surface area contributed by atoms with Crippen molar-refractivity contribution in [1.82, 2.24) is 0 Å². The zero-order valence-corrected chi connectivity index (χ0v) is 13.1. The van der Waals surface area contributed by atoms with Crippen molar-refractivity contribution in [2.24, 2.45) is 5.92 Å². The molecule has 0 spiro atoms. The maximum atomic E-state index is 11.8. The van der Waals surface area contributed by atoms with Crippen LogP contribution in [0.2, 0.25) is 0 Å². The lowest BCUT2D eigenvalue weighted by atomic mass is 9.84. The van der Waals surface area contributed by atoms with Crippen LogP contribution in [0, 0.1) is 5.92 Å². The first-order valence-electron chi connectivity index (χ1n) is 7.78. The number of epoxide rings is 1. The molecule has 0 bridgehead atoms. The third-order valence-electron chi connectivity index (χ3n) is 4.91. The summed E-state index contributed by atoms with van der Waals surface area (Å²) in [5.41, 5.74) is 1.40. The first kappa shape index (κ1) is 15.3. The summed E-state index contributed by atoms with van der Waals surface area (Å²) < 4.78 is 16.4. The normalized spacial score (nSPS) is 39.9. The molecular formula is C17H22O5. The number of esters is 2. The number of fused-ring (bicyclic) bond motifs is 2. The Labute approximate surface area is 130 Å². The number of allylic oxidation sites excluding steroid dienone is 1. The molecule has 0 N–H and O–H groups in total. The van der Waals surface area contributed by atoms with Crippen LogP contribution in [0.15, 0.2) is 23.8 Å². The fourth-order valence-corrected chi connectivity index (χ4v) is 3.42. The molecule has 0 aromatic carbocycles. The number of rotatable bonds is 2. The summed E-state index contributed by atoms with van der Waals surface area (Å²) in [7, 11) is 0. The van der Waals surface area contributed by atoms with E-state index in [1.165, 1.54) is 6.92 Å². The third kappa shape index (κ3) is 2.95. The van der Waals surface area contributed by atoms with Gasteiger partial charge in [-0.15, -0.1) is 0 Å². The second kappa shape index (κ2) is 5.54. The van der Waals surface area contributed by atoms with Gasteiger partial charge in [0.2, 0.25) is 0 Å². The maximum absolute atomic E-state index is 11.8. The summed E-state index contributed by atoms with van der Waals surface area (Å²) in [5, 5.41) is 0. The average molecular weight is 306 g/mol. The molecule has 1 aliphatic carbocycles. The van der Waals surface area contributed by atoms with Crippen LogP contribution in [0.25, 0.3) is 0 Å². The topological polar surface area (TPSA) is 65.1 Å². The molecule has 4 atom stereocenters. The maximum Gasteiger partial charge on any atom is 0.334 e. The molecule has 22 heavy (non-hydrogen) atoms. The van der Waals surface area contributed by atoms with Crippen molar-refractivity contribution in [3.8, 4) is 0 Å². The Balaban J connectivity index is 1.78. The summed E-state index contributed by atoms with van der Waals surface area (Å²) in [6.45, 7) is 7.66. The van der Waals surface area contributed by atoms with Gasteiger partial charge in [-0.05, 0) is 31.8 Å².